The standard InChI is InChI=1S/C9H14O/c1-4-6-9(5-2)8(3)7-10/h2,4,6,8-10H,7H2,1,3H3. The monoisotopic (exact) mass is 138 g/mol. The van der Waals surface area contributed by atoms with Gasteiger partial charge in [-0.3, -0.25) is 0 Å². The summed E-state index contributed by atoms with van der Waals surface area (Å²) in [5.41, 5.74) is 0. The van der Waals surface area contributed by atoms with Gasteiger partial charge in [-0.05, 0) is 12.8 Å². The van der Waals surface area contributed by atoms with Gasteiger partial charge < -0.3 is 5.11 Å². The Morgan fingerprint density at radius 3 is 2.60 bits per heavy atom. The molecule has 0 aliphatic heterocycles. The predicted molar refractivity (Wildman–Crippen MR) is 43.4 cm³/mol. The summed E-state index contributed by atoms with van der Waals surface area (Å²) in [6.45, 7) is 4.01. The van der Waals surface area contributed by atoms with Gasteiger partial charge in [0, 0.05) is 12.5 Å². The van der Waals surface area contributed by atoms with Gasteiger partial charge in [0.15, 0.2) is 0 Å². The van der Waals surface area contributed by atoms with Crippen molar-refractivity contribution in [3.05, 3.63) is 12.2 Å². The van der Waals surface area contributed by atoms with Gasteiger partial charge in [0.1, 0.15) is 0 Å². The first-order valence-electron chi connectivity index (χ1n) is 3.46. The summed E-state index contributed by atoms with van der Waals surface area (Å²) in [6.07, 6.45) is 9.07. The zero-order valence-corrected chi connectivity index (χ0v) is 6.54. The zero-order chi connectivity index (χ0) is 7.98. The molecule has 0 aliphatic carbocycles. The van der Waals surface area contributed by atoms with E-state index in [9.17, 15) is 0 Å². The average Bonchev–Trinajstić information content (AvgIpc) is 1.99. The molecule has 0 saturated carbocycles. The van der Waals surface area contributed by atoms with Crippen LogP contribution in [0.2, 0.25) is 0 Å². The van der Waals surface area contributed by atoms with Gasteiger partial charge in [-0.1, -0.05) is 25.0 Å². The van der Waals surface area contributed by atoms with Crippen LogP contribution in [0.25, 0.3) is 0 Å². The molecular formula is C9H14O. The number of hydrogen-bond acceptors (Lipinski definition) is 1. The molecule has 0 saturated heterocycles. The first-order chi connectivity index (χ1) is 4.76. The van der Waals surface area contributed by atoms with E-state index in [1.807, 2.05) is 26.0 Å². The van der Waals surface area contributed by atoms with Crippen LogP contribution in [0.15, 0.2) is 12.2 Å². The van der Waals surface area contributed by atoms with E-state index in [1.54, 1.807) is 0 Å². The quantitative estimate of drug-likeness (QED) is 0.462. The minimum Gasteiger partial charge on any atom is -0.396 e. The number of aliphatic hydroxyl groups is 1. The summed E-state index contributed by atoms with van der Waals surface area (Å²) < 4.78 is 0. The number of terminal acetylenes is 1. The molecule has 2 unspecified atom stereocenters. The van der Waals surface area contributed by atoms with Gasteiger partial charge in [0.05, 0.1) is 0 Å². The molecule has 0 aromatic rings. The maximum Gasteiger partial charge on any atom is 0.0471 e. The number of allylic oxidation sites excluding steroid dienone is 2. The SMILES string of the molecule is C#CC(C=CC)C(C)CO. The third-order valence-corrected chi connectivity index (χ3v) is 1.49. The van der Waals surface area contributed by atoms with Crippen LogP contribution in [0.3, 0.4) is 0 Å². The van der Waals surface area contributed by atoms with Crippen LogP contribution in [-0.2, 0) is 0 Å². The lowest BCUT2D eigenvalue weighted by Crippen LogP contribution is -2.10. The lowest BCUT2D eigenvalue weighted by atomic mass is 9.95. The molecule has 1 heteroatoms. The van der Waals surface area contributed by atoms with Crippen LogP contribution in [-0.4, -0.2) is 11.7 Å². The van der Waals surface area contributed by atoms with Crippen LogP contribution in [0.4, 0.5) is 0 Å². The highest BCUT2D eigenvalue weighted by Gasteiger charge is 2.08. The minimum atomic E-state index is 0.0787. The molecule has 0 aliphatic rings. The van der Waals surface area contributed by atoms with E-state index >= 15 is 0 Å². The van der Waals surface area contributed by atoms with Crippen LogP contribution in [0, 0.1) is 24.2 Å². The third kappa shape index (κ3) is 2.70. The third-order valence-electron chi connectivity index (χ3n) is 1.49. The predicted octanol–water partition coefficient (Wildman–Crippen LogP) is 1.44. The van der Waals surface area contributed by atoms with Crippen LogP contribution >= 0.6 is 0 Å². The maximum absolute atomic E-state index is 8.73. The Balaban J connectivity index is 3.96. The second kappa shape index (κ2) is 5.08. The van der Waals surface area contributed by atoms with Gasteiger partial charge >= 0.3 is 0 Å². The van der Waals surface area contributed by atoms with Gasteiger partial charge in [-0.25, -0.2) is 0 Å². The number of rotatable bonds is 3. The van der Waals surface area contributed by atoms with Gasteiger partial charge in [-0.15, -0.1) is 6.42 Å². The smallest absolute Gasteiger partial charge is 0.0471 e. The summed E-state index contributed by atoms with van der Waals surface area (Å²) in [4.78, 5) is 0. The Morgan fingerprint density at radius 1 is 1.70 bits per heavy atom. The Hall–Kier alpha value is -0.740. The van der Waals surface area contributed by atoms with Crippen molar-refractivity contribution in [1.82, 2.24) is 0 Å². The Kier molecular flexibility index (Phi) is 4.70. The zero-order valence-electron chi connectivity index (χ0n) is 6.54. The molecule has 56 valence electrons. The topological polar surface area (TPSA) is 20.2 Å². The number of aliphatic hydroxyl groups excluding tert-OH is 1. The van der Waals surface area contributed by atoms with E-state index in [0.29, 0.717) is 0 Å². The van der Waals surface area contributed by atoms with Crippen LogP contribution in [0.1, 0.15) is 13.8 Å². The van der Waals surface area contributed by atoms with E-state index in [4.69, 9.17) is 11.5 Å². The molecule has 0 heterocycles. The van der Waals surface area contributed by atoms with E-state index in [2.05, 4.69) is 5.92 Å². The highest BCUT2D eigenvalue weighted by atomic mass is 16.3. The lowest BCUT2D eigenvalue weighted by molar-refractivity contribution is 0.223. The van der Waals surface area contributed by atoms with Crippen molar-refractivity contribution in [3.63, 3.8) is 0 Å². The largest absolute Gasteiger partial charge is 0.396 e. The van der Waals surface area contributed by atoms with Crippen molar-refractivity contribution in [3.8, 4) is 12.3 Å². The molecule has 0 fully saturated rings. The van der Waals surface area contributed by atoms with Crippen molar-refractivity contribution < 1.29 is 5.11 Å². The normalized spacial score (nSPS) is 16.6. The molecule has 0 spiro atoms. The summed E-state index contributed by atoms with van der Waals surface area (Å²) in [5.74, 6) is 2.85. The van der Waals surface area contributed by atoms with Gasteiger partial charge in [0.25, 0.3) is 0 Å². The van der Waals surface area contributed by atoms with E-state index in [1.165, 1.54) is 0 Å². The molecule has 0 bridgehead atoms. The maximum atomic E-state index is 8.73. The molecule has 0 radical (unpaired) electrons. The van der Waals surface area contributed by atoms with Gasteiger partial charge in [0.2, 0.25) is 0 Å². The summed E-state index contributed by atoms with van der Waals surface area (Å²) in [5, 5.41) is 8.73. The van der Waals surface area contributed by atoms with Crippen LogP contribution in [0.5, 0.6) is 0 Å². The lowest BCUT2D eigenvalue weighted by Gasteiger charge is -2.11. The molecule has 2 atom stereocenters. The highest BCUT2D eigenvalue weighted by Crippen LogP contribution is 2.10. The fourth-order valence-electron chi connectivity index (χ4n) is 0.730. The van der Waals surface area contributed by atoms with Crippen molar-refractivity contribution in [2.45, 2.75) is 13.8 Å². The molecule has 1 nitrogen and oxygen atoms in total. The van der Waals surface area contributed by atoms with Crippen LogP contribution < -0.4 is 0 Å². The first-order valence-corrected chi connectivity index (χ1v) is 3.46. The fraction of sp³-hybridized carbons (Fsp3) is 0.556. The van der Waals surface area contributed by atoms with Crippen molar-refractivity contribution >= 4 is 0 Å². The number of hydrogen-bond donors (Lipinski definition) is 1. The highest BCUT2D eigenvalue weighted by molar-refractivity contribution is 5.06. The molecular weight excluding hydrogens is 124 g/mol. The Labute approximate surface area is 62.8 Å². The molecule has 1 N–H and O–H groups in total. The second-order valence-electron chi connectivity index (χ2n) is 2.38. The van der Waals surface area contributed by atoms with Crippen molar-refractivity contribution in [2.24, 2.45) is 11.8 Å². The fourth-order valence-corrected chi connectivity index (χ4v) is 0.730. The van der Waals surface area contributed by atoms with E-state index < -0.39 is 0 Å². The van der Waals surface area contributed by atoms with E-state index in [0.717, 1.165) is 0 Å². The molecule has 0 aromatic heterocycles. The van der Waals surface area contributed by atoms with Gasteiger partial charge in [-0.2, -0.15) is 0 Å². The molecule has 0 aromatic carbocycles. The summed E-state index contributed by atoms with van der Waals surface area (Å²) in [7, 11) is 0. The average molecular weight is 138 g/mol. The first kappa shape index (κ1) is 9.26. The van der Waals surface area contributed by atoms with Crippen molar-refractivity contribution in [1.29, 1.82) is 0 Å². The Bertz CT molecular complexity index is 141. The molecule has 0 rings (SSSR count). The second-order valence-corrected chi connectivity index (χ2v) is 2.38. The molecule has 0 amide bonds. The summed E-state index contributed by atoms with van der Waals surface area (Å²) >= 11 is 0. The molecule has 10 heavy (non-hydrogen) atoms. The minimum absolute atomic E-state index is 0.0787. The van der Waals surface area contributed by atoms with E-state index in [-0.39, 0.29) is 18.4 Å². The van der Waals surface area contributed by atoms with Crippen molar-refractivity contribution in [2.75, 3.05) is 6.61 Å². The Morgan fingerprint density at radius 2 is 2.30 bits per heavy atom. The summed E-state index contributed by atoms with van der Waals surface area (Å²) in [6, 6.07) is 0.